The second-order valence-electron chi connectivity index (χ2n) is 9.32. The summed E-state index contributed by atoms with van der Waals surface area (Å²) in [4.78, 5) is 33.9. The van der Waals surface area contributed by atoms with Gasteiger partial charge in [-0.2, -0.15) is 0 Å². The fraction of sp³-hybridized carbons (Fsp3) is 0.357. The molecule has 2 aliphatic rings. The zero-order valence-corrected chi connectivity index (χ0v) is 21.5. The topological polar surface area (TPSA) is 43.9 Å². The summed E-state index contributed by atoms with van der Waals surface area (Å²) in [6.07, 6.45) is 1.51. The van der Waals surface area contributed by atoms with Crippen LogP contribution < -0.4 is 0 Å². The molecule has 5 nitrogen and oxygen atoms in total. The Balaban J connectivity index is 1.21. The Kier molecular flexibility index (Phi) is 7.23. The number of piperazine rings is 1. The van der Waals surface area contributed by atoms with Crippen LogP contribution in [0.5, 0.6) is 0 Å². The van der Waals surface area contributed by atoms with Gasteiger partial charge in [-0.3, -0.25) is 14.5 Å². The number of carbonyl (C=O) groups is 2. The van der Waals surface area contributed by atoms with Crippen LogP contribution in [-0.4, -0.2) is 65.3 Å². The maximum absolute atomic E-state index is 13.2. The first-order valence-electron chi connectivity index (χ1n) is 12.2. The van der Waals surface area contributed by atoms with Crippen LogP contribution in [0.3, 0.4) is 0 Å². The summed E-state index contributed by atoms with van der Waals surface area (Å²) < 4.78 is 0. The highest BCUT2D eigenvalue weighted by atomic mass is 35.5. The van der Waals surface area contributed by atoms with Gasteiger partial charge in [0.1, 0.15) is 0 Å². The molecule has 1 saturated heterocycles. The van der Waals surface area contributed by atoms with Crippen LogP contribution in [0.15, 0.2) is 66.0 Å². The van der Waals surface area contributed by atoms with Gasteiger partial charge in [0.2, 0.25) is 5.91 Å². The smallest absolute Gasteiger partial charge is 0.255 e. The van der Waals surface area contributed by atoms with E-state index >= 15 is 0 Å². The number of rotatable bonds is 5. The van der Waals surface area contributed by atoms with E-state index in [0.717, 1.165) is 19.5 Å². The summed E-state index contributed by atoms with van der Waals surface area (Å²) in [7, 11) is 0. The number of halogens is 1. The average molecular weight is 508 g/mol. The van der Waals surface area contributed by atoms with Crippen LogP contribution in [0, 0.1) is 0 Å². The third-order valence-electron chi connectivity index (χ3n) is 7.14. The third-order valence-corrected chi connectivity index (χ3v) is 8.47. The van der Waals surface area contributed by atoms with Crippen LogP contribution in [-0.2, 0) is 11.2 Å². The Morgan fingerprint density at radius 3 is 2.54 bits per heavy atom. The van der Waals surface area contributed by atoms with Crippen molar-refractivity contribution in [2.24, 2.45) is 0 Å². The molecule has 0 spiro atoms. The summed E-state index contributed by atoms with van der Waals surface area (Å²) in [5.41, 5.74) is 3.17. The molecule has 182 valence electrons. The van der Waals surface area contributed by atoms with Crippen molar-refractivity contribution in [3.8, 4) is 0 Å². The quantitative estimate of drug-likeness (QED) is 0.482. The lowest BCUT2D eigenvalue weighted by atomic mass is 9.93. The predicted octanol–water partition coefficient (Wildman–Crippen LogP) is 5.11. The zero-order valence-electron chi connectivity index (χ0n) is 19.9. The number of benzene rings is 2. The first-order chi connectivity index (χ1) is 17.0. The van der Waals surface area contributed by atoms with Crippen LogP contribution in [0.4, 0.5) is 0 Å². The molecule has 35 heavy (non-hydrogen) atoms. The Labute approximate surface area is 215 Å². The van der Waals surface area contributed by atoms with E-state index in [4.69, 9.17) is 11.6 Å². The van der Waals surface area contributed by atoms with Crippen molar-refractivity contribution < 1.29 is 9.59 Å². The molecule has 0 bridgehead atoms. The van der Waals surface area contributed by atoms with E-state index in [2.05, 4.69) is 40.6 Å². The molecule has 2 aromatic carbocycles. The van der Waals surface area contributed by atoms with Crippen molar-refractivity contribution in [2.75, 3.05) is 32.7 Å². The van der Waals surface area contributed by atoms with Gasteiger partial charge < -0.3 is 9.80 Å². The number of amides is 2. The molecule has 2 amide bonds. The van der Waals surface area contributed by atoms with Crippen molar-refractivity contribution in [3.05, 3.63) is 92.6 Å². The molecule has 2 unspecified atom stereocenters. The molecule has 3 heterocycles. The van der Waals surface area contributed by atoms with Crippen molar-refractivity contribution in [2.45, 2.75) is 31.8 Å². The van der Waals surface area contributed by atoms with E-state index in [1.807, 2.05) is 46.3 Å². The first kappa shape index (κ1) is 24.0. The highest BCUT2D eigenvalue weighted by Gasteiger charge is 2.33. The third kappa shape index (κ3) is 5.01. The number of hydrogen-bond donors (Lipinski definition) is 0. The molecule has 0 N–H and O–H groups in total. The van der Waals surface area contributed by atoms with E-state index in [9.17, 15) is 9.59 Å². The molecule has 7 heteroatoms. The molecule has 2 aliphatic heterocycles. The summed E-state index contributed by atoms with van der Waals surface area (Å²) in [6, 6.07) is 20.1. The number of thiophene rings is 1. The lowest BCUT2D eigenvalue weighted by Gasteiger charge is -2.41. The SMILES string of the molecule is CC1CN(C(=O)CCN2CCc3sccc3C2c2ccccc2)CCN1C(=O)c1ccccc1Cl. The number of fused-ring (bicyclic) bond motifs is 1. The van der Waals surface area contributed by atoms with E-state index in [-0.39, 0.29) is 23.9 Å². The molecule has 0 saturated carbocycles. The number of hydrogen-bond acceptors (Lipinski definition) is 4. The van der Waals surface area contributed by atoms with E-state index in [1.165, 1.54) is 16.0 Å². The van der Waals surface area contributed by atoms with Gasteiger partial charge in [0.25, 0.3) is 5.91 Å². The van der Waals surface area contributed by atoms with Crippen molar-refractivity contribution in [1.29, 1.82) is 0 Å². The van der Waals surface area contributed by atoms with Gasteiger partial charge in [0, 0.05) is 50.1 Å². The molecule has 1 fully saturated rings. The van der Waals surface area contributed by atoms with Gasteiger partial charge in [-0.05, 0) is 48.1 Å². The van der Waals surface area contributed by atoms with Gasteiger partial charge in [-0.1, -0.05) is 54.1 Å². The molecule has 0 radical (unpaired) electrons. The van der Waals surface area contributed by atoms with E-state index < -0.39 is 0 Å². The summed E-state index contributed by atoms with van der Waals surface area (Å²) in [6.45, 7) is 5.30. The second kappa shape index (κ2) is 10.5. The Bertz CT molecular complexity index is 1200. The van der Waals surface area contributed by atoms with Gasteiger partial charge in [-0.15, -0.1) is 11.3 Å². The van der Waals surface area contributed by atoms with Gasteiger partial charge in [0.15, 0.2) is 0 Å². The fourth-order valence-electron chi connectivity index (χ4n) is 5.31. The van der Waals surface area contributed by atoms with Gasteiger partial charge in [0.05, 0.1) is 16.6 Å². The highest BCUT2D eigenvalue weighted by molar-refractivity contribution is 7.10. The van der Waals surface area contributed by atoms with Crippen molar-refractivity contribution in [1.82, 2.24) is 14.7 Å². The fourth-order valence-corrected chi connectivity index (χ4v) is 6.43. The monoisotopic (exact) mass is 507 g/mol. The minimum atomic E-state index is -0.0687. The highest BCUT2D eigenvalue weighted by Crippen LogP contribution is 2.37. The van der Waals surface area contributed by atoms with Gasteiger partial charge in [-0.25, -0.2) is 0 Å². The number of nitrogens with zero attached hydrogens (tertiary/aromatic N) is 3. The average Bonchev–Trinajstić information content (AvgIpc) is 3.36. The zero-order chi connectivity index (χ0) is 24.4. The summed E-state index contributed by atoms with van der Waals surface area (Å²) in [5.74, 6) is 0.0883. The van der Waals surface area contributed by atoms with Crippen LogP contribution in [0.25, 0.3) is 0 Å². The molecule has 5 rings (SSSR count). The molecule has 2 atom stereocenters. The minimum absolute atomic E-state index is 0.0584. The van der Waals surface area contributed by atoms with Crippen molar-refractivity contribution >= 4 is 34.8 Å². The maximum Gasteiger partial charge on any atom is 0.255 e. The molecular weight excluding hydrogens is 478 g/mol. The molecular formula is C28H30ClN3O2S. The van der Waals surface area contributed by atoms with Crippen LogP contribution in [0.1, 0.15) is 45.7 Å². The second-order valence-corrected chi connectivity index (χ2v) is 10.7. The maximum atomic E-state index is 13.2. The Morgan fingerprint density at radius 1 is 1.00 bits per heavy atom. The molecule has 0 aliphatic carbocycles. The van der Waals surface area contributed by atoms with Crippen molar-refractivity contribution in [3.63, 3.8) is 0 Å². The Morgan fingerprint density at radius 2 is 1.77 bits per heavy atom. The normalized spacial score (nSPS) is 20.5. The first-order valence-corrected chi connectivity index (χ1v) is 13.5. The molecule has 3 aromatic rings. The van der Waals surface area contributed by atoms with Gasteiger partial charge >= 0.3 is 0 Å². The van der Waals surface area contributed by atoms with Crippen LogP contribution in [0.2, 0.25) is 5.02 Å². The standard InChI is InChI=1S/C28H30ClN3O2S/c1-20-19-31(16-17-32(20)28(34)22-9-5-6-10-24(22)29)26(33)12-15-30-14-11-25-23(13-18-35-25)27(30)21-7-3-2-4-8-21/h2-10,13,18,20,27H,11-12,14-17,19H2,1H3. The molecule has 1 aromatic heterocycles. The summed E-state index contributed by atoms with van der Waals surface area (Å²) in [5, 5.41) is 2.64. The summed E-state index contributed by atoms with van der Waals surface area (Å²) >= 11 is 8.08. The van der Waals surface area contributed by atoms with E-state index in [1.54, 1.807) is 12.1 Å². The number of carbonyl (C=O) groups excluding carboxylic acids is 2. The lowest BCUT2D eigenvalue weighted by Crippen LogP contribution is -2.55. The predicted molar refractivity (Wildman–Crippen MR) is 141 cm³/mol. The van der Waals surface area contributed by atoms with E-state index in [0.29, 0.717) is 36.6 Å². The van der Waals surface area contributed by atoms with Crippen LogP contribution >= 0.6 is 22.9 Å². The Hall–Kier alpha value is -2.67. The minimum Gasteiger partial charge on any atom is -0.339 e. The largest absolute Gasteiger partial charge is 0.339 e. The lowest BCUT2D eigenvalue weighted by molar-refractivity contribution is -0.134.